The molecule has 2 atom stereocenters. The van der Waals surface area contributed by atoms with Crippen molar-refractivity contribution >= 4 is 5.91 Å². The number of hydrogen-bond donors (Lipinski definition) is 1. The molecule has 5 heteroatoms. The fourth-order valence-electron chi connectivity index (χ4n) is 3.93. The van der Waals surface area contributed by atoms with Gasteiger partial charge in [0, 0.05) is 45.7 Å². The lowest BCUT2D eigenvalue weighted by Crippen LogP contribution is -2.78. The maximum absolute atomic E-state index is 11.4. The molecule has 0 aliphatic carbocycles. The lowest BCUT2D eigenvalue weighted by Gasteiger charge is -2.60. The minimum Gasteiger partial charge on any atom is -0.392 e. The summed E-state index contributed by atoms with van der Waals surface area (Å²) in [7, 11) is 0. The first-order valence-electron chi connectivity index (χ1n) is 6.97. The number of nitrogens with zero attached hydrogens (tertiary/aromatic N) is 3. The number of carbonyl (C=O) groups is 1. The van der Waals surface area contributed by atoms with Crippen LogP contribution in [0.1, 0.15) is 20.3 Å². The molecule has 0 saturated carbocycles. The highest BCUT2D eigenvalue weighted by Gasteiger charge is 2.56. The van der Waals surface area contributed by atoms with Crippen molar-refractivity contribution in [3.8, 4) is 0 Å². The average Bonchev–Trinajstić information content (AvgIpc) is 2.64. The molecule has 0 aromatic rings. The van der Waals surface area contributed by atoms with E-state index in [1.54, 1.807) is 6.92 Å². The fraction of sp³-hybridized carbons (Fsp3) is 0.923. The van der Waals surface area contributed by atoms with E-state index in [2.05, 4.69) is 16.7 Å². The maximum atomic E-state index is 11.4. The summed E-state index contributed by atoms with van der Waals surface area (Å²) in [6.45, 7) is 9.45. The Morgan fingerprint density at radius 3 is 2.67 bits per heavy atom. The lowest BCUT2D eigenvalue weighted by atomic mass is 9.83. The summed E-state index contributed by atoms with van der Waals surface area (Å²) in [6.07, 6.45) is 0.702. The number of likely N-dealkylation sites (N-methyl/N-ethyl adjacent to an activating group) is 1. The first kappa shape index (κ1) is 12.4. The average molecular weight is 253 g/mol. The molecule has 3 heterocycles. The van der Waals surface area contributed by atoms with Crippen LogP contribution in [0.15, 0.2) is 0 Å². The molecule has 1 spiro atoms. The second-order valence-electron chi connectivity index (χ2n) is 6.12. The molecule has 1 amide bonds. The summed E-state index contributed by atoms with van der Waals surface area (Å²) in [5.41, 5.74) is 0.113. The number of aliphatic hydroxyl groups is 1. The molecule has 0 bridgehead atoms. The molecule has 1 N–H and O–H groups in total. The molecule has 3 aliphatic rings. The molecule has 3 rings (SSSR count). The third kappa shape index (κ3) is 1.76. The van der Waals surface area contributed by atoms with Gasteiger partial charge in [0.05, 0.1) is 11.6 Å². The summed E-state index contributed by atoms with van der Waals surface area (Å²) >= 11 is 0. The monoisotopic (exact) mass is 253 g/mol. The van der Waals surface area contributed by atoms with Crippen LogP contribution < -0.4 is 0 Å². The number of amides is 1. The zero-order chi connectivity index (χ0) is 12.9. The number of likely N-dealkylation sites (tertiary alicyclic amines) is 1. The van der Waals surface area contributed by atoms with Crippen LogP contribution in [0.5, 0.6) is 0 Å². The van der Waals surface area contributed by atoms with Gasteiger partial charge in [0.15, 0.2) is 0 Å². The minimum absolute atomic E-state index is 0.113. The van der Waals surface area contributed by atoms with E-state index >= 15 is 0 Å². The van der Waals surface area contributed by atoms with Crippen LogP contribution in [0.3, 0.4) is 0 Å². The molecular formula is C13H23N3O2. The highest BCUT2D eigenvalue weighted by molar-refractivity contribution is 5.74. The van der Waals surface area contributed by atoms with Crippen molar-refractivity contribution < 1.29 is 9.90 Å². The smallest absolute Gasteiger partial charge is 0.219 e. The van der Waals surface area contributed by atoms with E-state index in [0.717, 1.165) is 45.7 Å². The van der Waals surface area contributed by atoms with Crippen LogP contribution >= 0.6 is 0 Å². The van der Waals surface area contributed by atoms with Crippen LogP contribution in [-0.4, -0.2) is 82.7 Å². The van der Waals surface area contributed by atoms with Crippen molar-refractivity contribution in [2.24, 2.45) is 0 Å². The van der Waals surface area contributed by atoms with Crippen molar-refractivity contribution in [2.45, 2.75) is 38.0 Å². The molecule has 3 fully saturated rings. The maximum Gasteiger partial charge on any atom is 0.219 e. The zero-order valence-electron chi connectivity index (χ0n) is 11.3. The molecule has 18 heavy (non-hydrogen) atoms. The van der Waals surface area contributed by atoms with Gasteiger partial charge >= 0.3 is 0 Å². The van der Waals surface area contributed by atoms with E-state index in [0.29, 0.717) is 6.04 Å². The summed E-state index contributed by atoms with van der Waals surface area (Å²) in [4.78, 5) is 18.3. The van der Waals surface area contributed by atoms with E-state index in [-0.39, 0.29) is 17.6 Å². The summed E-state index contributed by atoms with van der Waals surface area (Å²) < 4.78 is 0. The second-order valence-corrected chi connectivity index (χ2v) is 6.12. The molecule has 3 aliphatic heterocycles. The Balaban J connectivity index is 1.77. The predicted octanol–water partition coefficient (Wildman–Crippen LogP) is -0.642. The van der Waals surface area contributed by atoms with E-state index in [4.69, 9.17) is 0 Å². The van der Waals surface area contributed by atoms with Gasteiger partial charge in [-0.25, -0.2) is 0 Å². The molecule has 0 aromatic carbocycles. The third-order valence-electron chi connectivity index (χ3n) is 4.85. The van der Waals surface area contributed by atoms with Crippen LogP contribution in [0.4, 0.5) is 0 Å². The summed E-state index contributed by atoms with van der Waals surface area (Å²) in [6, 6.07) is 0.475. The van der Waals surface area contributed by atoms with Gasteiger partial charge in [0.1, 0.15) is 0 Å². The summed E-state index contributed by atoms with van der Waals surface area (Å²) in [5, 5.41) is 9.91. The van der Waals surface area contributed by atoms with Gasteiger partial charge in [-0.3, -0.25) is 9.69 Å². The quantitative estimate of drug-likeness (QED) is 0.675. The highest BCUT2D eigenvalue weighted by atomic mass is 16.3. The van der Waals surface area contributed by atoms with Crippen molar-refractivity contribution in [2.75, 3.05) is 39.3 Å². The number of hydrogen-bond acceptors (Lipinski definition) is 4. The van der Waals surface area contributed by atoms with E-state index in [1.165, 1.54) is 0 Å². The largest absolute Gasteiger partial charge is 0.392 e. The Bertz CT molecular complexity index is 354. The van der Waals surface area contributed by atoms with Gasteiger partial charge in [-0.1, -0.05) is 6.92 Å². The minimum atomic E-state index is -0.185. The lowest BCUT2D eigenvalue weighted by molar-refractivity contribution is -0.153. The second kappa shape index (κ2) is 4.18. The molecule has 102 valence electrons. The topological polar surface area (TPSA) is 47.0 Å². The number of aliphatic hydroxyl groups excluding tert-OH is 1. The SMILES string of the molecule is CCN1C[C@@H]2C[C@@H](O)CN2C2(C1)CN(C(C)=O)C2. The molecule has 3 saturated heterocycles. The number of rotatable bonds is 1. The Hall–Kier alpha value is -0.650. The summed E-state index contributed by atoms with van der Waals surface area (Å²) in [5.74, 6) is 0.172. The van der Waals surface area contributed by atoms with Crippen molar-refractivity contribution in [3.05, 3.63) is 0 Å². The van der Waals surface area contributed by atoms with Gasteiger partial charge < -0.3 is 14.9 Å². The Morgan fingerprint density at radius 1 is 1.33 bits per heavy atom. The first-order valence-corrected chi connectivity index (χ1v) is 6.97. The molecule has 0 radical (unpaired) electrons. The van der Waals surface area contributed by atoms with Crippen LogP contribution in [0.2, 0.25) is 0 Å². The molecule has 5 nitrogen and oxygen atoms in total. The Morgan fingerprint density at radius 2 is 2.06 bits per heavy atom. The number of carbonyl (C=O) groups excluding carboxylic acids is 1. The van der Waals surface area contributed by atoms with E-state index in [1.807, 2.05) is 4.90 Å². The Labute approximate surface area is 108 Å². The highest BCUT2D eigenvalue weighted by Crippen LogP contribution is 2.38. The normalized spacial score (nSPS) is 35.6. The van der Waals surface area contributed by atoms with Gasteiger partial charge in [-0.15, -0.1) is 0 Å². The number of fused-ring (bicyclic) bond motifs is 2. The van der Waals surface area contributed by atoms with E-state index < -0.39 is 0 Å². The van der Waals surface area contributed by atoms with Crippen molar-refractivity contribution in [3.63, 3.8) is 0 Å². The van der Waals surface area contributed by atoms with Gasteiger partial charge in [-0.05, 0) is 13.0 Å². The fourth-order valence-corrected chi connectivity index (χ4v) is 3.93. The van der Waals surface area contributed by atoms with Crippen LogP contribution in [-0.2, 0) is 4.79 Å². The number of piperazine rings is 1. The van der Waals surface area contributed by atoms with Crippen molar-refractivity contribution in [1.82, 2.24) is 14.7 Å². The van der Waals surface area contributed by atoms with Crippen LogP contribution in [0, 0.1) is 0 Å². The van der Waals surface area contributed by atoms with Crippen molar-refractivity contribution in [1.29, 1.82) is 0 Å². The number of β-amino-alcohol motifs (C(OH)–C–C–N with tert-alkyl or cyclic N) is 1. The standard InChI is InChI=1S/C13H23N3O2/c1-3-14-5-11-4-12(18)6-16(11)13(7-14)8-15(9-13)10(2)17/h11-12,18H,3-9H2,1-2H3/t11-,12+/m0/s1. The van der Waals surface area contributed by atoms with Crippen LogP contribution in [0.25, 0.3) is 0 Å². The predicted molar refractivity (Wildman–Crippen MR) is 68.2 cm³/mol. The first-order chi connectivity index (χ1) is 8.54. The zero-order valence-corrected chi connectivity index (χ0v) is 11.3. The molecular weight excluding hydrogens is 230 g/mol. The third-order valence-corrected chi connectivity index (χ3v) is 4.85. The Kier molecular flexibility index (Phi) is 2.88. The molecule has 0 aromatic heterocycles. The van der Waals surface area contributed by atoms with Gasteiger partial charge in [0.25, 0.3) is 0 Å². The van der Waals surface area contributed by atoms with E-state index in [9.17, 15) is 9.90 Å². The molecule has 0 unspecified atom stereocenters. The van der Waals surface area contributed by atoms with Gasteiger partial charge in [-0.2, -0.15) is 0 Å². The van der Waals surface area contributed by atoms with Gasteiger partial charge in [0.2, 0.25) is 5.91 Å².